The van der Waals surface area contributed by atoms with E-state index >= 15 is 0 Å². The van der Waals surface area contributed by atoms with Gasteiger partial charge in [0.15, 0.2) is 0 Å². The van der Waals surface area contributed by atoms with E-state index in [0.717, 1.165) is 11.1 Å². The third-order valence-electron chi connectivity index (χ3n) is 2.92. The molecule has 0 radical (unpaired) electrons. The van der Waals surface area contributed by atoms with E-state index in [9.17, 15) is 4.79 Å². The fraction of sp³-hybridized carbons (Fsp3) is 0. The van der Waals surface area contributed by atoms with Gasteiger partial charge in [-0.05, 0) is 23.8 Å². The van der Waals surface area contributed by atoms with Gasteiger partial charge >= 0.3 is 0 Å². The molecular weight excluding hydrogens is 236 g/mol. The number of aromatic nitrogens is 2. The van der Waals surface area contributed by atoms with Crippen LogP contribution >= 0.6 is 0 Å². The van der Waals surface area contributed by atoms with Crippen LogP contribution in [0.2, 0.25) is 0 Å². The van der Waals surface area contributed by atoms with Crippen LogP contribution in [0.5, 0.6) is 0 Å². The molecule has 0 spiro atoms. The quantitative estimate of drug-likeness (QED) is 0.698. The van der Waals surface area contributed by atoms with Crippen LogP contribution in [0.1, 0.15) is 5.56 Å². The molecule has 2 aromatic carbocycles. The lowest BCUT2D eigenvalue weighted by molar-refractivity contribution is 1.03. The molecular formula is C16H12N2O. The number of rotatable bonds is 2. The summed E-state index contributed by atoms with van der Waals surface area (Å²) >= 11 is 0. The minimum absolute atomic E-state index is 0.0576. The average molecular weight is 248 g/mol. The molecule has 0 saturated heterocycles. The third kappa shape index (κ3) is 2.31. The third-order valence-corrected chi connectivity index (χ3v) is 2.92. The molecule has 0 saturated carbocycles. The summed E-state index contributed by atoms with van der Waals surface area (Å²) in [4.78, 5) is 16.5. The first-order chi connectivity index (χ1) is 9.34. The first-order valence-electron chi connectivity index (χ1n) is 6.04. The first kappa shape index (κ1) is 11.4. The van der Waals surface area contributed by atoms with E-state index in [1.165, 1.54) is 4.57 Å². The second kappa shape index (κ2) is 4.90. The van der Waals surface area contributed by atoms with E-state index in [0.29, 0.717) is 5.39 Å². The highest BCUT2D eigenvalue weighted by Crippen LogP contribution is 2.06. The van der Waals surface area contributed by atoms with Gasteiger partial charge in [-0.25, -0.2) is 4.98 Å². The highest BCUT2D eigenvalue weighted by molar-refractivity contribution is 5.77. The number of hydrogen-bond acceptors (Lipinski definition) is 2. The first-order valence-corrected chi connectivity index (χ1v) is 6.04. The Kier molecular flexibility index (Phi) is 2.94. The van der Waals surface area contributed by atoms with Gasteiger partial charge in [0.1, 0.15) is 6.33 Å². The Labute approximate surface area is 110 Å². The molecule has 19 heavy (non-hydrogen) atoms. The van der Waals surface area contributed by atoms with Crippen molar-refractivity contribution in [1.29, 1.82) is 0 Å². The standard InChI is InChI=1S/C16H12N2O/c19-16-14-8-4-5-9-15(14)17-12-18(16)11-10-13-6-2-1-3-7-13/h1-12H/b11-10+. The van der Waals surface area contributed by atoms with Crippen molar-refractivity contribution in [3.8, 4) is 0 Å². The highest BCUT2D eigenvalue weighted by atomic mass is 16.1. The summed E-state index contributed by atoms with van der Waals surface area (Å²) < 4.78 is 1.50. The van der Waals surface area contributed by atoms with Gasteiger partial charge in [-0.15, -0.1) is 0 Å². The van der Waals surface area contributed by atoms with E-state index in [-0.39, 0.29) is 5.56 Å². The maximum Gasteiger partial charge on any atom is 0.265 e. The largest absolute Gasteiger partial charge is 0.274 e. The minimum atomic E-state index is -0.0576. The predicted octanol–water partition coefficient (Wildman–Crippen LogP) is 3.02. The molecule has 0 aliphatic heterocycles. The Morgan fingerprint density at radius 2 is 1.68 bits per heavy atom. The summed E-state index contributed by atoms with van der Waals surface area (Å²) in [5, 5.41) is 0.628. The molecule has 1 heterocycles. The van der Waals surface area contributed by atoms with Crippen molar-refractivity contribution in [2.45, 2.75) is 0 Å². The summed E-state index contributed by atoms with van der Waals surface area (Å²) in [6.45, 7) is 0. The van der Waals surface area contributed by atoms with Crippen LogP contribution in [0, 0.1) is 0 Å². The molecule has 1 aromatic heterocycles. The van der Waals surface area contributed by atoms with Gasteiger partial charge in [0.05, 0.1) is 10.9 Å². The van der Waals surface area contributed by atoms with Crippen LogP contribution in [0.3, 0.4) is 0 Å². The lowest BCUT2D eigenvalue weighted by Crippen LogP contribution is -2.15. The molecule has 92 valence electrons. The van der Waals surface area contributed by atoms with E-state index in [4.69, 9.17) is 0 Å². The van der Waals surface area contributed by atoms with Crippen LogP contribution in [0.25, 0.3) is 23.2 Å². The molecule has 0 atom stereocenters. The van der Waals surface area contributed by atoms with Crippen LogP contribution in [-0.4, -0.2) is 9.55 Å². The summed E-state index contributed by atoms with van der Waals surface area (Å²) in [5.41, 5.74) is 1.71. The molecule has 3 aromatic rings. The van der Waals surface area contributed by atoms with E-state index in [1.807, 2.05) is 54.6 Å². The van der Waals surface area contributed by atoms with Gasteiger partial charge in [-0.1, -0.05) is 42.5 Å². The fourth-order valence-corrected chi connectivity index (χ4v) is 1.92. The van der Waals surface area contributed by atoms with Crippen molar-refractivity contribution in [2.24, 2.45) is 0 Å². The summed E-state index contributed by atoms with van der Waals surface area (Å²) in [6, 6.07) is 17.2. The fourth-order valence-electron chi connectivity index (χ4n) is 1.92. The molecule has 0 aliphatic rings. The Bertz CT molecular complexity index is 788. The number of fused-ring (bicyclic) bond motifs is 1. The SMILES string of the molecule is O=c1c2ccccc2ncn1/C=C/c1ccccc1. The van der Waals surface area contributed by atoms with Gasteiger partial charge in [0.25, 0.3) is 5.56 Å². The van der Waals surface area contributed by atoms with Crippen molar-refractivity contribution in [2.75, 3.05) is 0 Å². The zero-order valence-electron chi connectivity index (χ0n) is 10.2. The number of benzene rings is 2. The normalized spacial score (nSPS) is 11.2. The molecule has 0 unspecified atom stereocenters. The van der Waals surface area contributed by atoms with Crippen LogP contribution in [0.4, 0.5) is 0 Å². The number of nitrogens with zero attached hydrogens (tertiary/aromatic N) is 2. The Hall–Kier alpha value is -2.68. The van der Waals surface area contributed by atoms with Gasteiger partial charge in [0.2, 0.25) is 0 Å². The molecule has 0 N–H and O–H groups in total. The Balaban J connectivity index is 2.05. The smallest absolute Gasteiger partial charge is 0.265 e. The highest BCUT2D eigenvalue weighted by Gasteiger charge is 2.00. The molecule has 0 fully saturated rings. The van der Waals surface area contributed by atoms with E-state index < -0.39 is 0 Å². The summed E-state index contributed by atoms with van der Waals surface area (Å²) in [5.74, 6) is 0. The van der Waals surface area contributed by atoms with Crippen LogP contribution in [-0.2, 0) is 0 Å². The zero-order chi connectivity index (χ0) is 13.1. The molecule has 0 bridgehead atoms. The lowest BCUT2D eigenvalue weighted by atomic mass is 10.2. The minimum Gasteiger partial charge on any atom is -0.274 e. The van der Waals surface area contributed by atoms with Crippen molar-refractivity contribution in [3.63, 3.8) is 0 Å². The van der Waals surface area contributed by atoms with Crippen molar-refractivity contribution in [1.82, 2.24) is 9.55 Å². The molecule has 3 nitrogen and oxygen atoms in total. The van der Waals surface area contributed by atoms with Gasteiger partial charge in [-0.3, -0.25) is 9.36 Å². The van der Waals surface area contributed by atoms with Crippen molar-refractivity contribution >= 4 is 23.2 Å². The maximum absolute atomic E-state index is 12.2. The van der Waals surface area contributed by atoms with Crippen LogP contribution < -0.4 is 5.56 Å². The Morgan fingerprint density at radius 1 is 0.947 bits per heavy atom. The molecule has 3 heteroatoms. The molecule has 0 amide bonds. The monoisotopic (exact) mass is 248 g/mol. The topological polar surface area (TPSA) is 34.9 Å². The van der Waals surface area contributed by atoms with E-state index in [2.05, 4.69) is 4.98 Å². The lowest BCUT2D eigenvalue weighted by Gasteiger charge is -2.00. The average Bonchev–Trinajstić information content (AvgIpc) is 2.48. The van der Waals surface area contributed by atoms with Crippen molar-refractivity contribution in [3.05, 3.63) is 76.8 Å². The van der Waals surface area contributed by atoms with Crippen molar-refractivity contribution < 1.29 is 0 Å². The number of hydrogen-bond donors (Lipinski definition) is 0. The van der Waals surface area contributed by atoms with E-state index in [1.54, 1.807) is 18.6 Å². The second-order valence-corrected chi connectivity index (χ2v) is 4.20. The van der Waals surface area contributed by atoms with Gasteiger partial charge in [-0.2, -0.15) is 0 Å². The van der Waals surface area contributed by atoms with Gasteiger partial charge < -0.3 is 0 Å². The molecule has 0 aliphatic carbocycles. The predicted molar refractivity (Wildman–Crippen MR) is 77.7 cm³/mol. The maximum atomic E-state index is 12.2. The zero-order valence-corrected chi connectivity index (χ0v) is 10.2. The second-order valence-electron chi connectivity index (χ2n) is 4.20. The number of para-hydroxylation sites is 1. The summed E-state index contributed by atoms with van der Waals surface area (Å²) in [7, 11) is 0. The van der Waals surface area contributed by atoms with Gasteiger partial charge in [0, 0.05) is 6.20 Å². The summed E-state index contributed by atoms with van der Waals surface area (Å²) in [6.07, 6.45) is 5.17. The molecule has 3 rings (SSSR count). The Morgan fingerprint density at radius 3 is 2.53 bits per heavy atom. The van der Waals surface area contributed by atoms with Crippen LogP contribution in [0.15, 0.2) is 65.7 Å².